The van der Waals surface area contributed by atoms with Gasteiger partial charge in [-0.1, -0.05) is 0 Å². The zero-order chi connectivity index (χ0) is 12.5. The number of carbonyl (C=O) groups excluding carboxylic acids is 1. The molecule has 0 amide bonds. The second-order valence-corrected chi connectivity index (χ2v) is 4.33. The fraction of sp³-hybridized carbons (Fsp3) is 0.385. The first kappa shape index (κ1) is 11.6. The Morgan fingerprint density at radius 2 is 2.29 bits per heavy atom. The third-order valence-corrected chi connectivity index (χ3v) is 2.44. The topological polar surface area (TPSA) is 48.4 Å². The van der Waals surface area contributed by atoms with Gasteiger partial charge in [0.2, 0.25) is 0 Å². The van der Waals surface area contributed by atoms with Crippen molar-refractivity contribution in [3.05, 3.63) is 29.6 Å². The van der Waals surface area contributed by atoms with Gasteiger partial charge < -0.3 is 9.47 Å². The number of nitrogens with zero attached hydrogens (tertiary/aromatic N) is 1. The third kappa shape index (κ3) is 2.30. The van der Waals surface area contributed by atoms with Gasteiger partial charge in [0.1, 0.15) is 11.4 Å². The van der Waals surface area contributed by atoms with E-state index in [1.165, 1.54) is 0 Å². The smallest absolute Gasteiger partial charge is 0.357 e. The fourth-order valence-corrected chi connectivity index (χ4v) is 1.67. The van der Waals surface area contributed by atoms with Crippen molar-refractivity contribution in [3.63, 3.8) is 0 Å². The van der Waals surface area contributed by atoms with Crippen LogP contribution in [0.5, 0.6) is 5.75 Å². The van der Waals surface area contributed by atoms with Crippen LogP contribution in [-0.4, -0.2) is 23.2 Å². The molecule has 17 heavy (non-hydrogen) atoms. The predicted molar refractivity (Wildman–Crippen MR) is 63.9 cm³/mol. The van der Waals surface area contributed by atoms with Gasteiger partial charge in [0.05, 0.1) is 6.61 Å². The lowest BCUT2D eigenvalue weighted by Crippen LogP contribution is -2.28. The third-order valence-electron chi connectivity index (χ3n) is 2.44. The number of hydrogen-bond acceptors (Lipinski definition) is 4. The van der Waals surface area contributed by atoms with Crippen molar-refractivity contribution in [1.29, 1.82) is 0 Å². The van der Waals surface area contributed by atoms with E-state index >= 15 is 0 Å². The Bertz CT molecular complexity index is 478. The van der Waals surface area contributed by atoms with Gasteiger partial charge in [0, 0.05) is 11.8 Å². The molecule has 4 heteroatoms. The number of hydrogen-bond donors (Lipinski definition) is 0. The van der Waals surface area contributed by atoms with Crippen LogP contribution in [-0.2, 0) is 4.74 Å². The van der Waals surface area contributed by atoms with Gasteiger partial charge in [0.25, 0.3) is 0 Å². The molecule has 0 aliphatic carbocycles. The Labute approximate surface area is 100 Å². The summed E-state index contributed by atoms with van der Waals surface area (Å²) in [6.45, 7) is 6.01. The van der Waals surface area contributed by atoms with E-state index in [1.807, 2.05) is 26.0 Å². The van der Waals surface area contributed by atoms with Crippen LogP contribution in [0.3, 0.4) is 0 Å². The van der Waals surface area contributed by atoms with Gasteiger partial charge in [-0.05, 0) is 39.0 Å². The molecule has 1 aliphatic heterocycles. The normalized spacial score (nSPS) is 15.9. The zero-order valence-electron chi connectivity index (χ0n) is 10.2. The lowest BCUT2D eigenvalue weighted by molar-refractivity contribution is 0.0517. The van der Waals surface area contributed by atoms with E-state index in [9.17, 15) is 4.79 Å². The highest BCUT2D eigenvalue weighted by molar-refractivity contribution is 5.93. The average molecular weight is 233 g/mol. The minimum Gasteiger partial charge on any atom is -0.483 e. The van der Waals surface area contributed by atoms with Crippen LogP contribution < -0.4 is 4.74 Å². The van der Waals surface area contributed by atoms with Crippen LogP contribution >= 0.6 is 0 Å². The van der Waals surface area contributed by atoms with Crippen molar-refractivity contribution >= 4 is 12.0 Å². The maximum absolute atomic E-state index is 11.7. The number of rotatable bonds is 2. The Morgan fingerprint density at radius 1 is 1.53 bits per heavy atom. The van der Waals surface area contributed by atoms with Crippen LogP contribution in [0.1, 0.15) is 36.8 Å². The summed E-state index contributed by atoms with van der Waals surface area (Å²) in [6, 6.07) is 1.75. The summed E-state index contributed by atoms with van der Waals surface area (Å²) in [5.41, 5.74) is 0.627. The molecular weight excluding hydrogens is 218 g/mol. The van der Waals surface area contributed by atoms with E-state index in [0.717, 1.165) is 0 Å². The molecule has 0 saturated heterocycles. The lowest BCUT2D eigenvalue weighted by Gasteiger charge is -2.28. The second-order valence-electron chi connectivity index (χ2n) is 4.33. The highest BCUT2D eigenvalue weighted by Crippen LogP contribution is 2.32. The molecule has 0 saturated carbocycles. The Hall–Kier alpha value is -1.84. The largest absolute Gasteiger partial charge is 0.483 e. The van der Waals surface area contributed by atoms with Crippen molar-refractivity contribution in [2.24, 2.45) is 0 Å². The Morgan fingerprint density at radius 3 is 3.00 bits per heavy atom. The first-order valence-corrected chi connectivity index (χ1v) is 5.58. The second kappa shape index (κ2) is 4.20. The molecule has 1 aliphatic rings. The Kier molecular flexibility index (Phi) is 2.88. The number of esters is 1. The quantitative estimate of drug-likeness (QED) is 0.736. The van der Waals surface area contributed by atoms with E-state index in [1.54, 1.807) is 19.2 Å². The van der Waals surface area contributed by atoms with E-state index in [4.69, 9.17) is 9.47 Å². The van der Waals surface area contributed by atoms with Gasteiger partial charge in [-0.2, -0.15) is 0 Å². The number of ether oxygens (including phenoxy) is 2. The Balaban J connectivity index is 2.42. The van der Waals surface area contributed by atoms with Gasteiger partial charge in [0.15, 0.2) is 5.69 Å². The summed E-state index contributed by atoms with van der Waals surface area (Å²) in [5.74, 6) is 0.243. The number of fused-ring (bicyclic) bond motifs is 1. The summed E-state index contributed by atoms with van der Waals surface area (Å²) < 4.78 is 10.7. The number of aromatic nitrogens is 1. The first-order valence-electron chi connectivity index (χ1n) is 5.58. The number of carbonyl (C=O) groups is 1. The molecule has 0 fully saturated rings. The monoisotopic (exact) mass is 233 g/mol. The molecule has 0 atom stereocenters. The molecule has 90 valence electrons. The molecule has 0 aromatic carbocycles. The SMILES string of the molecule is CCOC(=O)c1nccc2c1C=CC(C)(C)O2. The summed E-state index contributed by atoms with van der Waals surface area (Å²) >= 11 is 0. The highest BCUT2D eigenvalue weighted by Gasteiger charge is 2.25. The lowest BCUT2D eigenvalue weighted by atomic mass is 10.0. The fourth-order valence-electron chi connectivity index (χ4n) is 1.67. The molecule has 2 rings (SSSR count). The van der Waals surface area contributed by atoms with E-state index in [-0.39, 0.29) is 5.60 Å². The number of pyridine rings is 1. The predicted octanol–water partition coefficient (Wildman–Crippen LogP) is 2.44. The van der Waals surface area contributed by atoms with Crippen LogP contribution in [0, 0.1) is 0 Å². The van der Waals surface area contributed by atoms with Crippen molar-refractivity contribution in [2.45, 2.75) is 26.4 Å². The van der Waals surface area contributed by atoms with E-state index in [2.05, 4.69) is 4.98 Å². The van der Waals surface area contributed by atoms with Crippen LogP contribution in [0.15, 0.2) is 18.3 Å². The summed E-state index contributed by atoms with van der Waals surface area (Å²) in [7, 11) is 0. The maximum Gasteiger partial charge on any atom is 0.357 e. The van der Waals surface area contributed by atoms with Gasteiger partial charge in [-0.3, -0.25) is 0 Å². The first-order chi connectivity index (χ1) is 8.03. The molecule has 1 aromatic rings. The van der Waals surface area contributed by atoms with E-state index in [0.29, 0.717) is 23.6 Å². The molecule has 4 nitrogen and oxygen atoms in total. The standard InChI is InChI=1S/C13H15NO3/c1-4-16-12(15)11-9-5-7-13(2,3)17-10(9)6-8-14-11/h5-8H,4H2,1-3H3. The highest BCUT2D eigenvalue weighted by atomic mass is 16.5. The molecular formula is C13H15NO3. The van der Waals surface area contributed by atoms with Crippen LogP contribution in [0.4, 0.5) is 0 Å². The molecule has 1 aromatic heterocycles. The van der Waals surface area contributed by atoms with E-state index < -0.39 is 5.97 Å². The zero-order valence-corrected chi connectivity index (χ0v) is 10.2. The van der Waals surface area contributed by atoms with Crippen LogP contribution in [0.2, 0.25) is 0 Å². The van der Waals surface area contributed by atoms with Gasteiger partial charge in [-0.25, -0.2) is 9.78 Å². The minimum absolute atomic E-state index is 0.302. The van der Waals surface area contributed by atoms with Gasteiger partial charge >= 0.3 is 5.97 Å². The van der Waals surface area contributed by atoms with Crippen molar-refractivity contribution in [1.82, 2.24) is 4.98 Å². The van der Waals surface area contributed by atoms with Gasteiger partial charge in [-0.15, -0.1) is 0 Å². The van der Waals surface area contributed by atoms with Crippen molar-refractivity contribution in [3.8, 4) is 5.75 Å². The minimum atomic E-state index is -0.419. The molecule has 0 radical (unpaired) electrons. The molecule has 0 unspecified atom stereocenters. The average Bonchev–Trinajstić information content (AvgIpc) is 2.27. The maximum atomic E-state index is 11.7. The van der Waals surface area contributed by atoms with Crippen molar-refractivity contribution in [2.75, 3.05) is 6.61 Å². The molecule has 0 bridgehead atoms. The molecule has 0 N–H and O–H groups in total. The molecule has 0 spiro atoms. The summed E-state index contributed by atoms with van der Waals surface area (Å²) in [5, 5.41) is 0. The van der Waals surface area contributed by atoms with Crippen LogP contribution in [0.25, 0.3) is 6.08 Å². The van der Waals surface area contributed by atoms with Crippen molar-refractivity contribution < 1.29 is 14.3 Å². The molecule has 2 heterocycles. The summed E-state index contributed by atoms with van der Waals surface area (Å²) in [6.07, 6.45) is 5.32. The summed E-state index contributed by atoms with van der Waals surface area (Å²) in [4.78, 5) is 15.8.